The van der Waals surface area contributed by atoms with Crippen LogP contribution in [0.25, 0.3) is 38.7 Å². The maximum absolute atomic E-state index is 13.1. The summed E-state index contributed by atoms with van der Waals surface area (Å²) in [6, 6.07) is 13.3. The second kappa shape index (κ2) is 4.88. The van der Waals surface area contributed by atoms with Crippen molar-refractivity contribution < 1.29 is 9.84 Å². The maximum Gasteiger partial charge on any atom is 0.200 e. The van der Waals surface area contributed by atoms with Crippen molar-refractivity contribution in [2.45, 2.75) is 19.4 Å². The van der Waals surface area contributed by atoms with Gasteiger partial charge in [0.05, 0.1) is 16.4 Å². The fourth-order valence-electron chi connectivity index (χ4n) is 3.67. The Morgan fingerprint density at radius 1 is 1.08 bits per heavy atom. The number of rotatable bonds is 0. The second-order valence-electron chi connectivity index (χ2n) is 7.30. The number of hydrogen-bond donors (Lipinski definition) is 2. The second-order valence-corrected chi connectivity index (χ2v) is 7.30. The van der Waals surface area contributed by atoms with E-state index in [-0.39, 0.29) is 11.2 Å². The number of phenols is 1. The van der Waals surface area contributed by atoms with E-state index >= 15 is 0 Å². The zero-order valence-electron chi connectivity index (χ0n) is 14.5. The molecule has 3 aromatic carbocycles. The Morgan fingerprint density at radius 2 is 1.81 bits per heavy atom. The fraction of sp³-hybridized carbons (Fsp3) is 0.136. The van der Waals surface area contributed by atoms with E-state index in [4.69, 9.17) is 4.74 Å². The van der Waals surface area contributed by atoms with Crippen LogP contribution in [0.15, 0.2) is 53.3 Å². The lowest BCUT2D eigenvalue weighted by Crippen LogP contribution is -2.27. The van der Waals surface area contributed by atoms with Crippen molar-refractivity contribution in [3.8, 4) is 11.5 Å². The largest absolute Gasteiger partial charge is 0.507 e. The smallest absolute Gasteiger partial charge is 0.200 e. The van der Waals surface area contributed by atoms with E-state index in [1.54, 1.807) is 0 Å². The van der Waals surface area contributed by atoms with E-state index in [0.717, 1.165) is 21.9 Å². The quantitative estimate of drug-likeness (QED) is 0.454. The van der Waals surface area contributed by atoms with E-state index < -0.39 is 5.60 Å². The van der Waals surface area contributed by atoms with Crippen LogP contribution in [0, 0.1) is 0 Å². The number of fused-ring (bicyclic) bond motifs is 5. The van der Waals surface area contributed by atoms with Crippen LogP contribution >= 0.6 is 0 Å². The van der Waals surface area contributed by atoms with Crippen molar-refractivity contribution in [2.75, 3.05) is 0 Å². The third-order valence-electron chi connectivity index (χ3n) is 4.95. The van der Waals surface area contributed by atoms with E-state index in [1.807, 2.05) is 62.4 Å². The van der Waals surface area contributed by atoms with Gasteiger partial charge in [0.1, 0.15) is 17.1 Å². The van der Waals surface area contributed by atoms with Gasteiger partial charge in [-0.25, -0.2) is 0 Å². The van der Waals surface area contributed by atoms with Gasteiger partial charge in [-0.15, -0.1) is 0 Å². The summed E-state index contributed by atoms with van der Waals surface area (Å²) >= 11 is 0. The van der Waals surface area contributed by atoms with Crippen LogP contribution in [0.2, 0.25) is 0 Å². The molecular weight excluding hydrogens is 326 g/mol. The molecular formula is C22H17NO3. The molecule has 0 atom stereocenters. The molecule has 0 radical (unpaired) electrons. The monoisotopic (exact) mass is 343 g/mol. The molecule has 4 nitrogen and oxygen atoms in total. The Morgan fingerprint density at radius 3 is 2.58 bits per heavy atom. The lowest BCUT2D eigenvalue weighted by atomic mass is 9.98. The van der Waals surface area contributed by atoms with Crippen molar-refractivity contribution in [1.82, 2.24) is 4.98 Å². The van der Waals surface area contributed by atoms with Crippen LogP contribution in [0.1, 0.15) is 19.4 Å². The molecule has 0 spiro atoms. The Balaban J connectivity index is 1.95. The number of aromatic hydroxyl groups is 1. The molecule has 0 saturated carbocycles. The molecule has 5 rings (SSSR count). The molecule has 0 fully saturated rings. The van der Waals surface area contributed by atoms with E-state index in [0.29, 0.717) is 22.0 Å². The summed E-state index contributed by atoms with van der Waals surface area (Å²) in [4.78, 5) is 16.5. The summed E-state index contributed by atoms with van der Waals surface area (Å²) in [5.41, 5.74) is 1.48. The highest BCUT2D eigenvalue weighted by molar-refractivity contribution is 6.05. The highest BCUT2D eigenvalue weighted by Crippen LogP contribution is 2.39. The third kappa shape index (κ3) is 2.05. The highest BCUT2D eigenvalue weighted by atomic mass is 16.5. The van der Waals surface area contributed by atoms with Gasteiger partial charge in [0.25, 0.3) is 0 Å². The molecule has 128 valence electrons. The standard InChI is InChI=1S/C22H17NO3/c1-22(2)8-7-14-18(26-22)11-17(24)19-20(14)23-16-10-13-6-4-3-5-12(13)9-15(16)21(19)25/h3-11,24H,1-2H3,(H,23,25). The van der Waals surface area contributed by atoms with Gasteiger partial charge in [-0.05, 0) is 48.9 Å². The summed E-state index contributed by atoms with van der Waals surface area (Å²) < 4.78 is 5.96. The van der Waals surface area contributed by atoms with Gasteiger partial charge in [0.2, 0.25) is 5.43 Å². The summed E-state index contributed by atoms with van der Waals surface area (Å²) in [5.74, 6) is 0.499. The molecule has 2 heterocycles. The average molecular weight is 343 g/mol. The molecule has 0 bridgehead atoms. The number of hydrogen-bond acceptors (Lipinski definition) is 3. The fourth-order valence-corrected chi connectivity index (χ4v) is 3.67. The number of nitrogens with one attached hydrogen (secondary N) is 1. The highest BCUT2D eigenvalue weighted by Gasteiger charge is 2.25. The number of aromatic nitrogens is 1. The molecule has 0 saturated heterocycles. The zero-order valence-corrected chi connectivity index (χ0v) is 14.5. The van der Waals surface area contributed by atoms with Gasteiger partial charge in [0, 0.05) is 17.0 Å². The number of phenolic OH excluding ortho intramolecular Hbond substituents is 1. The molecule has 2 N–H and O–H groups in total. The minimum atomic E-state index is -0.458. The molecule has 0 amide bonds. The van der Waals surface area contributed by atoms with Gasteiger partial charge < -0.3 is 14.8 Å². The first-order chi connectivity index (χ1) is 12.4. The van der Waals surface area contributed by atoms with Gasteiger partial charge in [-0.2, -0.15) is 0 Å². The van der Waals surface area contributed by atoms with Crippen LogP contribution in [-0.2, 0) is 0 Å². The van der Waals surface area contributed by atoms with Crippen LogP contribution in [0.5, 0.6) is 11.5 Å². The predicted octanol–water partition coefficient (Wildman–Crippen LogP) is 4.72. The van der Waals surface area contributed by atoms with E-state index in [2.05, 4.69) is 4.98 Å². The van der Waals surface area contributed by atoms with E-state index in [1.165, 1.54) is 6.07 Å². The number of ether oxygens (including phenoxy) is 1. The van der Waals surface area contributed by atoms with Crippen molar-refractivity contribution in [3.63, 3.8) is 0 Å². The minimum Gasteiger partial charge on any atom is -0.507 e. The van der Waals surface area contributed by atoms with Crippen LogP contribution in [0.4, 0.5) is 0 Å². The van der Waals surface area contributed by atoms with Crippen molar-refractivity contribution in [2.24, 2.45) is 0 Å². The number of H-pyrrole nitrogens is 1. The SMILES string of the molecule is CC1(C)C=Cc2c(cc(O)c3c(=O)c4cc5ccccc5cc4[nH]c23)O1. The van der Waals surface area contributed by atoms with Gasteiger partial charge in [0.15, 0.2) is 0 Å². The van der Waals surface area contributed by atoms with Crippen molar-refractivity contribution in [3.05, 3.63) is 64.3 Å². The van der Waals surface area contributed by atoms with Crippen molar-refractivity contribution >= 4 is 38.7 Å². The molecule has 1 aromatic heterocycles. The first-order valence-corrected chi connectivity index (χ1v) is 8.56. The Hall–Kier alpha value is -3.27. The normalized spacial score (nSPS) is 15.3. The van der Waals surface area contributed by atoms with Gasteiger partial charge in [-0.1, -0.05) is 24.3 Å². The molecule has 4 aromatic rings. The maximum atomic E-state index is 13.1. The van der Waals surface area contributed by atoms with Gasteiger partial charge in [-0.3, -0.25) is 4.79 Å². The Bertz CT molecular complexity index is 1310. The predicted molar refractivity (Wildman–Crippen MR) is 105 cm³/mol. The molecule has 4 heteroatoms. The summed E-state index contributed by atoms with van der Waals surface area (Å²) in [6.07, 6.45) is 3.90. The minimum absolute atomic E-state index is 0.0684. The lowest BCUT2D eigenvalue weighted by molar-refractivity contribution is 0.159. The number of aromatic amines is 1. The van der Waals surface area contributed by atoms with Gasteiger partial charge >= 0.3 is 0 Å². The summed E-state index contributed by atoms with van der Waals surface area (Å²) in [7, 11) is 0. The van der Waals surface area contributed by atoms with Crippen molar-refractivity contribution in [1.29, 1.82) is 0 Å². The van der Waals surface area contributed by atoms with Crippen LogP contribution in [-0.4, -0.2) is 15.7 Å². The van der Waals surface area contributed by atoms with Crippen LogP contribution < -0.4 is 10.2 Å². The molecule has 1 aliphatic rings. The molecule has 0 aliphatic carbocycles. The third-order valence-corrected chi connectivity index (χ3v) is 4.95. The molecule has 26 heavy (non-hydrogen) atoms. The summed E-state index contributed by atoms with van der Waals surface area (Å²) in [6.45, 7) is 3.89. The Labute approximate surface area is 149 Å². The Kier molecular flexibility index (Phi) is 2.82. The summed E-state index contributed by atoms with van der Waals surface area (Å²) in [5, 5.41) is 13.4. The first-order valence-electron chi connectivity index (χ1n) is 8.56. The number of pyridine rings is 1. The first kappa shape index (κ1) is 15.0. The molecule has 1 aliphatic heterocycles. The average Bonchev–Trinajstić information content (AvgIpc) is 2.59. The van der Waals surface area contributed by atoms with E-state index in [9.17, 15) is 9.90 Å². The zero-order chi connectivity index (χ0) is 18.1. The topological polar surface area (TPSA) is 62.3 Å². The van der Waals surface area contributed by atoms with Crippen LogP contribution in [0.3, 0.4) is 0 Å². The number of benzene rings is 3. The lowest BCUT2D eigenvalue weighted by Gasteiger charge is -2.28. The molecule has 0 unspecified atom stereocenters.